The van der Waals surface area contributed by atoms with E-state index < -0.39 is 0 Å². The van der Waals surface area contributed by atoms with Crippen molar-refractivity contribution >= 4 is 11.6 Å². The standard InChI is InChI=1S/C16H17NO4/c1-10-4-5-11(8-13(10)18)16(19)17-12-6-7-14(20-2)15(9-12)21-3/h4-9,18H,1-3H3,(H,17,19). The van der Waals surface area contributed by atoms with Gasteiger partial charge in [-0.25, -0.2) is 0 Å². The summed E-state index contributed by atoms with van der Waals surface area (Å²) >= 11 is 0. The van der Waals surface area contributed by atoms with Crippen LogP contribution in [0.25, 0.3) is 0 Å². The molecule has 0 radical (unpaired) electrons. The van der Waals surface area contributed by atoms with E-state index in [-0.39, 0.29) is 11.7 Å². The van der Waals surface area contributed by atoms with Crippen LogP contribution < -0.4 is 14.8 Å². The summed E-state index contributed by atoms with van der Waals surface area (Å²) < 4.78 is 10.3. The summed E-state index contributed by atoms with van der Waals surface area (Å²) in [6, 6.07) is 9.88. The fourth-order valence-corrected chi connectivity index (χ4v) is 1.87. The van der Waals surface area contributed by atoms with Crippen molar-refractivity contribution in [2.45, 2.75) is 6.92 Å². The summed E-state index contributed by atoms with van der Waals surface area (Å²) in [6.07, 6.45) is 0. The fourth-order valence-electron chi connectivity index (χ4n) is 1.87. The first-order valence-electron chi connectivity index (χ1n) is 6.38. The van der Waals surface area contributed by atoms with E-state index in [1.807, 2.05) is 0 Å². The minimum Gasteiger partial charge on any atom is -0.508 e. The number of aryl methyl sites for hydroxylation is 1. The quantitative estimate of drug-likeness (QED) is 0.907. The van der Waals surface area contributed by atoms with Gasteiger partial charge in [-0.05, 0) is 36.8 Å². The van der Waals surface area contributed by atoms with Crippen molar-refractivity contribution in [3.63, 3.8) is 0 Å². The van der Waals surface area contributed by atoms with Crippen molar-refractivity contribution in [1.29, 1.82) is 0 Å². The molecule has 0 saturated heterocycles. The number of phenols is 1. The molecule has 2 rings (SSSR count). The van der Waals surface area contributed by atoms with Gasteiger partial charge in [0.2, 0.25) is 0 Å². The van der Waals surface area contributed by atoms with Gasteiger partial charge in [0.25, 0.3) is 5.91 Å². The minimum atomic E-state index is -0.308. The molecule has 2 N–H and O–H groups in total. The number of carbonyl (C=O) groups excluding carboxylic acids is 1. The molecule has 0 aliphatic heterocycles. The summed E-state index contributed by atoms with van der Waals surface area (Å²) in [5.74, 6) is 0.901. The van der Waals surface area contributed by atoms with Crippen molar-refractivity contribution < 1.29 is 19.4 Å². The van der Waals surface area contributed by atoms with E-state index in [4.69, 9.17) is 9.47 Å². The van der Waals surface area contributed by atoms with Gasteiger partial charge in [-0.3, -0.25) is 4.79 Å². The van der Waals surface area contributed by atoms with Crippen LogP contribution in [0.3, 0.4) is 0 Å². The third-order valence-electron chi connectivity index (χ3n) is 3.11. The number of anilines is 1. The van der Waals surface area contributed by atoms with Gasteiger partial charge in [0.1, 0.15) is 5.75 Å². The molecule has 0 unspecified atom stereocenters. The maximum absolute atomic E-state index is 12.1. The van der Waals surface area contributed by atoms with E-state index in [0.29, 0.717) is 22.7 Å². The first-order valence-corrected chi connectivity index (χ1v) is 6.38. The number of hydrogen-bond acceptors (Lipinski definition) is 4. The van der Waals surface area contributed by atoms with Crippen LogP contribution in [0.15, 0.2) is 36.4 Å². The van der Waals surface area contributed by atoms with Gasteiger partial charge in [0, 0.05) is 17.3 Å². The summed E-state index contributed by atoms with van der Waals surface area (Å²) in [5, 5.41) is 12.4. The van der Waals surface area contributed by atoms with E-state index in [1.165, 1.54) is 13.2 Å². The van der Waals surface area contributed by atoms with Crippen LogP contribution in [-0.4, -0.2) is 25.2 Å². The third-order valence-corrected chi connectivity index (χ3v) is 3.11. The Morgan fingerprint density at radius 1 is 1.05 bits per heavy atom. The topological polar surface area (TPSA) is 67.8 Å². The van der Waals surface area contributed by atoms with Crippen LogP contribution in [0, 0.1) is 6.92 Å². The minimum absolute atomic E-state index is 0.0926. The van der Waals surface area contributed by atoms with Crippen LogP contribution in [-0.2, 0) is 0 Å². The maximum atomic E-state index is 12.1. The number of phenolic OH excluding ortho intramolecular Hbond substituents is 1. The highest BCUT2D eigenvalue weighted by molar-refractivity contribution is 6.04. The van der Waals surface area contributed by atoms with Crippen molar-refractivity contribution in [2.75, 3.05) is 19.5 Å². The summed E-state index contributed by atoms with van der Waals surface area (Å²) in [4.78, 5) is 12.1. The molecule has 0 heterocycles. The van der Waals surface area contributed by atoms with Crippen molar-refractivity contribution in [2.24, 2.45) is 0 Å². The molecule has 1 amide bonds. The lowest BCUT2D eigenvalue weighted by Crippen LogP contribution is -2.12. The van der Waals surface area contributed by atoms with Crippen molar-refractivity contribution in [1.82, 2.24) is 0 Å². The number of benzene rings is 2. The lowest BCUT2D eigenvalue weighted by atomic mass is 10.1. The highest BCUT2D eigenvalue weighted by Gasteiger charge is 2.10. The molecule has 5 nitrogen and oxygen atoms in total. The molecule has 110 valence electrons. The van der Waals surface area contributed by atoms with E-state index in [0.717, 1.165) is 5.56 Å². The summed E-state index contributed by atoms with van der Waals surface area (Å²) in [7, 11) is 3.08. The zero-order chi connectivity index (χ0) is 15.4. The molecule has 0 aliphatic rings. The molecular weight excluding hydrogens is 270 g/mol. The van der Waals surface area contributed by atoms with Gasteiger partial charge >= 0.3 is 0 Å². The second kappa shape index (κ2) is 6.17. The van der Waals surface area contributed by atoms with Crippen LogP contribution in [0.5, 0.6) is 17.2 Å². The maximum Gasteiger partial charge on any atom is 0.255 e. The van der Waals surface area contributed by atoms with Crippen LogP contribution in [0.1, 0.15) is 15.9 Å². The van der Waals surface area contributed by atoms with Gasteiger partial charge in [-0.2, -0.15) is 0 Å². The average Bonchev–Trinajstić information content (AvgIpc) is 2.49. The lowest BCUT2D eigenvalue weighted by molar-refractivity contribution is 0.102. The number of ether oxygens (including phenoxy) is 2. The molecular formula is C16H17NO4. The molecule has 21 heavy (non-hydrogen) atoms. The Morgan fingerprint density at radius 2 is 1.76 bits per heavy atom. The molecule has 0 fully saturated rings. The number of hydrogen-bond donors (Lipinski definition) is 2. The summed E-state index contributed by atoms with van der Waals surface area (Å²) in [6.45, 7) is 1.77. The largest absolute Gasteiger partial charge is 0.508 e. The molecule has 2 aromatic carbocycles. The first-order chi connectivity index (χ1) is 10.0. The molecule has 0 saturated carbocycles. The van der Waals surface area contributed by atoms with Crippen molar-refractivity contribution in [3.8, 4) is 17.2 Å². The first kappa shape index (κ1) is 14.7. The van der Waals surface area contributed by atoms with Gasteiger partial charge < -0.3 is 19.9 Å². The molecule has 0 bridgehead atoms. The third kappa shape index (κ3) is 3.25. The van der Waals surface area contributed by atoms with E-state index >= 15 is 0 Å². The Labute approximate surface area is 123 Å². The molecule has 0 spiro atoms. The van der Waals surface area contributed by atoms with Gasteiger partial charge in [0.15, 0.2) is 11.5 Å². The highest BCUT2D eigenvalue weighted by atomic mass is 16.5. The van der Waals surface area contributed by atoms with Gasteiger partial charge in [0.05, 0.1) is 14.2 Å². The number of carbonyl (C=O) groups is 1. The van der Waals surface area contributed by atoms with Gasteiger partial charge in [-0.15, -0.1) is 0 Å². The molecule has 0 aliphatic carbocycles. The SMILES string of the molecule is COc1ccc(NC(=O)c2ccc(C)c(O)c2)cc1OC. The number of amides is 1. The zero-order valence-electron chi connectivity index (χ0n) is 12.1. The Balaban J connectivity index is 2.21. The second-order valence-electron chi connectivity index (χ2n) is 4.53. The van der Waals surface area contributed by atoms with Crippen LogP contribution >= 0.6 is 0 Å². The predicted octanol–water partition coefficient (Wildman–Crippen LogP) is 2.97. The number of methoxy groups -OCH3 is 2. The smallest absolute Gasteiger partial charge is 0.255 e. The monoisotopic (exact) mass is 287 g/mol. The molecule has 5 heteroatoms. The predicted molar refractivity (Wildman–Crippen MR) is 80.3 cm³/mol. The number of rotatable bonds is 4. The molecule has 0 atom stereocenters. The Hall–Kier alpha value is -2.69. The lowest BCUT2D eigenvalue weighted by Gasteiger charge is -2.11. The van der Waals surface area contributed by atoms with Crippen LogP contribution in [0.2, 0.25) is 0 Å². The summed E-state index contributed by atoms with van der Waals surface area (Å²) in [5.41, 5.74) is 1.68. The average molecular weight is 287 g/mol. The normalized spacial score (nSPS) is 10.0. The van der Waals surface area contributed by atoms with E-state index in [9.17, 15) is 9.90 Å². The highest BCUT2D eigenvalue weighted by Crippen LogP contribution is 2.30. The molecule has 2 aromatic rings. The number of aromatic hydroxyl groups is 1. The van der Waals surface area contributed by atoms with E-state index in [1.54, 1.807) is 44.4 Å². The van der Waals surface area contributed by atoms with E-state index in [2.05, 4.69) is 5.32 Å². The fraction of sp³-hybridized carbons (Fsp3) is 0.188. The van der Waals surface area contributed by atoms with Crippen molar-refractivity contribution in [3.05, 3.63) is 47.5 Å². The number of nitrogens with one attached hydrogen (secondary N) is 1. The van der Waals surface area contributed by atoms with Gasteiger partial charge in [-0.1, -0.05) is 6.07 Å². The van der Waals surface area contributed by atoms with Crippen LogP contribution in [0.4, 0.5) is 5.69 Å². The Kier molecular flexibility index (Phi) is 4.33. The zero-order valence-corrected chi connectivity index (χ0v) is 12.1. The molecule has 0 aromatic heterocycles. The Bertz CT molecular complexity index is 667. The second-order valence-corrected chi connectivity index (χ2v) is 4.53. The Morgan fingerprint density at radius 3 is 2.38 bits per heavy atom.